The summed E-state index contributed by atoms with van der Waals surface area (Å²) in [5.74, 6) is 0. The van der Waals surface area contributed by atoms with Gasteiger partial charge in [-0.3, -0.25) is 0 Å². The molecule has 2 fully saturated rings. The summed E-state index contributed by atoms with van der Waals surface area (Å²) in [4.78, 5) is 2.45. The van der Waals surface area contributed by atoms with Crippen LogP contribution in [0.15, 0.2) is 24.3 Å². The standard InChI is InChI=1S/C15H21NO2/c1-11(17)12-5-2-3-6-13(12)16-9-10-18-15-8-4-7-14(15)16/h2-3,5-6,11,14-15,17H,4,7-10H2,1H3. The SMILES string of the molecule is CC(O)c1ccccc1N1CCOC2CCCC21. The van der Waals surface area contributed by atoms with Crippen molar-refractivity contribution in [1.29, 1.82) is 0 Å². The molecule has 1 aliphatic heterocycles. The Morgan fingerprint density at radius 2 is 2.17 bits per heavy atom. The van der Waals surface area contributed by atoms with E-state index < -0.39 is 6.10 Å². The fourth-order valence-electron chi connectivity index (χ4n) is 3.33. The first kappa shape index (κ1) is 12.0. The number of para-hydroxylation sites is 1. The van der Waals surface area contributed by atoms with Crippen molar-refractivity contribution in [1.82, 2.24) is 0 Å². The van der Waals surface area contributed by atoms with Crippen LogP contribution in [0.25, 0.3) is 0 Å². The monoisotopic (exact) mass is 247 g/mol. The largest absolute Gasteiger partial charge is 0.389 e. The molecule has 0 radical (unpaired) electrons. The molecule has 3 nitrogen and oxygen atoms in total. The summed E-state index contributed by atoms with van der Waals surface area (Å²) in [7, 11) is 0. The zero-order chi connectivity index (χ0) is 12.5. The van der Waals surface area contributed by atoms with Crippen molar-refractivity contribution >= 4 is 5.69 Å². The molecule has 1 aromatic rings. The third-order valence-corrected chi connectivity index (χ3v) is 4.18. The minimum atomic E-state index is -0.413. The van der Waals surface area contributed by atoms with Gasteiger partial charge in [0.1, 0.15) is 0 Å². The Morgan fingerprint density at radius 3 is 3.00 bits per heavy atom. The highest BCUT2D eigenvalue weighted by atomic mass is 16.5. The summed E-state index contributed by atoms with van der Waals surface area (Å²) in [5, 5.41) is 9.92. The fraction of sp³-hybridized carbons (Fsp3) is 0.600. The van der Waals surface area contributed by atoms with Crippen LogP contribution in [0.2, 0.25) is 0 Å². The summed E-state index contributed by atoms with van der Waals surface area (Å²) in [6.45, 7) is 3.58. The molecule has 1 aromatic carbocycles. The van der Waals surface area contributed by atoms with E-state index >= 15 is 0 Å². The molecule has 3 unspecified atom stereocenters. The molecular weight excluding hydrogens is 226 g/mol. The van der Waals surface area contributed by atoms with Gasteiger partial charge in [-0.15, -0.1) is 0 Å². The maximum atomic E-state index is 9.92. The van der Waals surface area contributed by atoms with E-state index in [4.69, 9.17) is 4.74 Å². The van der Waals surface area contributed by atoms with Gasteiger partial charge < -0.3 is 14.7 Å². The van der Waals surface area contributed by atoms with Crippen molar-refractivity contribution in [3.05, 3.63) is 29.8 Å². The van der Waals surface area contributed by atoms with Gasteiger partial charge in [0.2, 0.25) is 0 Å². The number of anilines is 1. The predicted octanol–water partition coefficient (Wildman–Crippen LogP) is 2.50. The highest BCUT2D eigenvalue weighted by Crippen LogP contribution is 2.36. The van der Waals surface area contributed by atoms with Gasteiger partial charge in [0.15, 0.2) is 0 Å². The van der Waals surface area contributed by atoms with Gasteiger partial charge in [-0.25, -0.2) is 0 Å². The van der Waals surface area contributed by atoms with E-state index in [0.717, 1.165) is 18.7 Å². The Hall–Kier alpha value is -1.06. The molecule has 0 amide bonds. The molecule has 98 valence electrons. The Balaban J connectivity index is 1.93. The fourth-order valence-corrected chi connectivity index (χ4v) is 3.33. The predicted molar refractivity (Wildman–Crippen MR) is 71.8 cm³/mol. The molecule has 0 aromatic heterocycles. The molecule has 3 rings (SSSR count). The third kappa shape index (κ3) is 2.02. The molecule has 3 heteroatoms. The summed E-state index contributed by atoms with van der Waals surface area (Å²) in [6, 6.07) is 8.71. The second kappa shape index (κ2) is 4.90. The lowest BCUT2D eigenvalue weighted by Gasteiger charge is -2.40. The number of rotatable bonds is 2. The van der Waals surface area contributed by atoms with E-state index in [2.05, 4.69) is 17.0 Å². The van der Waals surface area contributed by atoms with Gasteiger partial charge >= 0.3 is 0 Å². The van der Waals surface area contributed by atoms with Crippen LogP contribution in [-0.2, 0) is 4.74 Å². The molecule has 18 heavy (non-hydrogen) atoms. The quantitative estimate of drug-likeness (QED) is 0.871. The number of nitrogens with zero attached hydrogens (tertiary/aromatic N) is 1. The maximum absolute atomic E-state index is 9.92. The number of ether oxygens (including phenoxy) is 1. The van der Waals surface area contributed by atoms with E-state index in [1.807, 2.05) is 19.1 Å². The van der Waals surface area contributed by atoms with Crippen LogP contribution in [0.4, 0.5) is 5.69 Å². The Morgan fingerprint density at radius 1 is 1.33 bits per heavy atom. The molecule has 1 saturated carbocycles. The van der Waals surface area contributed by atoms with E-state index in [1.54, 1.807) is 0 Å². The van der Waals surface area contributed by atoms with Crippen molar-refractivity contribution in [2.45, 2.75) is 44.4 Å². The van der Waals surface area contributed by atoms with Crippen LogP contribution in [-0.4, -0.2) is 30.4 Å². The van der Waals surface area contributed by atoms with Crippen LogP contribution in [0.5, 0.6) is 0 Å². The van der Waals surface area contributed by atoms with Gasteiger partial charge in [-0.05, 0) is 32.3 Å². The van der Waals surface area contributed by atoms with Gasteiger partial charge in [0.25, 0.3) is 0 Å². The first-order valence-corrected chi connectivity index (χ1v) is 6.92. The summed E-state index contributed by atoms with van der Waals surface area (Å²) < 4.78 is 5.85. The Kier molecular flexibility index (Phi) is 3.27. The number of aliphatic hydroxyl groups excluding tert-OH is 1. The smallest absolute Gasteiger partial charge is 0.0781 e. The Labute approximate surface area is 108 Å². The van der Waals surface area contributed by atoms with Crippen molar-refractivity contribution in [2.75, 3.05) is 18.1 Å². The number of aliphatic hydroxyl groups is 1. The van der Waals surface area contributed by atoms with Gasteiger partial charge in [0, 0.05) is 17.8 Å². The Bertz CT molecular complexity index is 419. The summed E-state index contributed by atoms with van der Waals surface area (Å²) in [5.41, 5.74) is 2.22. The van der Waals surface area contributed by atoms with Crippen LogP contribution < -0.4 is 4.90 Å². The average molecular weight is 247 g/mol. The first-order valence-electron chi connectivity index (χ1n) is 6.92. The zero-order valence-electron chi connectivity index (χ0n) is 10.9. The number of morpholine rings is 1. The van der Waals surface area contributed by atoms with E-state index in [-0.39, 0.29) is 0 Å². The van der Waals surface area contributed by atoms with E-state index in [1.165, 1.54) is 24.9 Å². The van der Waals surface area contributed by atoms with Crippen LogP contribution in [0.1, 0.15) is 37.9 Å². The first-order chi connectivity index (χ1) is 8.77. The van der Waals surface area contributed by atoms with Crippen molar-refractivity contribution in [3.63, 3.8) is 0 Å². The molecule has 0 bridgehead atoms. The number of hydrogen-bond acceptors (Lipinski definition) is 3. The topological polar surface area (TPSA) is 32.7 Å². The molecule has 1 saturated heterocycles. The molecule has 1 heterocycles. The molecule has 1 N–H and O–H groups in total. The minimum absolute atomic E-state index is 0.390. The number of hydrogen-bond donors (Lipinski definition) is 1. The maximum Gasteiger partial charge on any atom is 0.0781 e. The molecule has 0 spiro atoms. The summed E-state index contributed by atoms with van der Waals surface area (Å²) in [6.07, 6.45) is 3.61. The summed E-state index contributed by atoms with van der Waals surface area (Å²) >= 11 is 0. The number of benzene rings is 1. The zero-order valence-corrected chi connectivity index (χ0v) is 10.9. The second-order valence-electron chi connectivity index (χ2n) is 5.34. The van der Waals surface area contributed by atoms with Crippen LogP contribution >= 0.6 is 0 Å². The lowest BCUT2D eigenvalue weighted by Crippen LogP contribution is -2.49. The second-order valence-corrected chi connectivity index (χ2v) is 5.34. The van der Waals surface area contributed by atoms with Crippen LogP contribution in [0, 0.1) is 0 Å². The van der Waals surface area contributed by atoms with E-state index in [9.17, 15) is 5.11 Å². The molecule has 2 aliphatic rings. The highest BCUT2D eigenvalue weighted by Gasteiger charge is 2.36. The van der Waals surface area contributed by atoms with E-state index in [0.29, 0.717) is 12.1 Å². The third-order valence-electron chi connectivity index (χ3n) is 4.18. The van der Waals surface area contributed by atoms with Gasteiger partial charge in [-0.2, -0.15) is 0 Å². The lowest BCUT2D eigenvalue weighted by atomic mass is 10.0. The van der Waals surface area contributed by atoms with Crippen molar-refractivity contribution < 1.29 is 9.84 Å². The lowest BCUT2D eigenvalue weighted by molar-refractivity contribution is 0.0254. The van der Waals surface area contributed by atoms with Crippen molar-refractivity contribution in [2.24, 2.45) is 0 Å². The van der Waals surface area contributed by atoms with Crippen LogP contribution in [0.3, 0.4) is 0 Å². The molecule has 3 atom stereocenters. The minimum Gasteiger partial charge on any atom is -0.389 e. The van der Waals surface area contributed by atoms with Crippen molar-refractivity contribution in [3.8, 4) is 0 Å². The molecule has 1 aliphatic carbocycles. The normalized spacial score (nSPS) is 29.1. The number of fused-ring (bicyclic) bond motifs is 1. The molecular formula is C15H21NO2. The van der Waals surface area contributed by atoms with Gasteiger partial charge in [-0.1, -0.05) is 18.2 Å². The van der Waals surface area contributed by atoms with Gasteiger partial charge in [0.05, 0.1) is 24.9 Å². The highest BCUT2D eigenvalue weighted by molar-refractivity contribution is 5.56. The average Bonchev–Trinajstić information content (AvgIpc) is 2.86.